The number of benzene rings is 4. The van der Waals surface area contributed by atoms with Gasteiger partial charge in [0.1, 0.15) is 12.7 Å². The van der Waals surface area contributed by atoms with Crippen LogP contribution in [0.2, 0.25) is 0 Å². The maximum Gasteiger partial charge on any atom is 0.339 e. The second-order valence-corrected chi connectivity index (χ2v) is 12.3. The Labute approximate surface area is 308 Å². The van der Waals surface area contributed by atoms with Gasteiger partial charge in [0.2, 0.25) is 23.0 Å². The number of phenolic OH excluding ortho intramolecular Hbond substituents is 12. The summed E-state index contributed by atoms with van der Waals surface area (Å²) >= 11 is 0. The van der Waals surface area contributed by atoms with Gasteiger partial charge in [0.25, 0.3) is 0 Å². The van der Waals surface area contributed by atoms with E-state index >= 15 is 0 Å². The molecule has 4 aromatic carbocycles. The van der Waals surface area contributed by atoms with Crippen molar-refractivity contribution in [1.82, 2.24) is 0 Å². The van der Waals surface area contributed by atoms with Gasteiger partial charge in [0.15, 0.2) is 70.6 Å². The van der Waals surface area contributed by atoms with Crippen LogP contribution >= 0.6 is 0 Å². The zero-order valence-electron chi connectivity index (χ0n) is 27.4. The van der Waals surface area contributed by atoms with Crippen LogP contribution in [0, 0.1) is 0 Å². The Kier molecular flexibility index (Phi) is 8.31. The van der Waals surface area contributed by atoms with E-state index in [4.69, 9.17) is 23.7 Å². The van der Waals surface area contributed by atoms with Crippen molar-refractivity contribution in [3.63, 3.8) is 0 Å². The van der Waals surface area contributed by atoms with Crippen molar-refractivity contribution in [2.75, 3.05) is 6.61 Å². The molecular formula is C34H24O22. The molecule has 22 nitrogen and oxygen atoms in total. The van der Waals surface area contributed by atoms with Crippen LogP contribution in [0.3, 0.4) is 0 Å². The van der Waals surface area contributed by atoms with E-state index in [9.17, 15) is 85.6 Å². The molecule has 4 aromatic rings. The highest BCUT2D eigenvalue weighted by Gasteiger charge is 2.54. The SMILES string of the molecule is O=C1OC[C@H]2OC(O)[C@@H]3OC(=O)c4cc(O)c(O)c(O)c4-c4c(cc(O)c(O)c4O)C(=O)O[C@H]3[C@H]2OC(=O)c2cc(O)c(O)c(O)c2-c2c1cc(O)c(O)c2O. The summed E-state index contributed by atoms with van der Waals surface area (Å²) in [5, 5.41) is 137. The highest BCUT2D eigenvalue weighted by molar-refractivity contribution is 6.10. The smallest absolute Gasteiger partial charge is 0.339 e. The van der Waals surface area contributed by atoms with Crippen LogP contribution in [-0.4, -0.2) is 128 Å². The molecule has 0 bridgehead atoms. The van der Waals surface area contributed by atoms with Crippen molar-refractivity contribution in [2.45, 2.75) is 30.7 Å². The molecule has 0 amide bonds. The van der Waals surface area contributed by atoms with E-state index in [-0.39, 0.29) is 0 Å². The summed E-state index contributed by atoms with van der Waals surface area (Å²) in [5.74, 6) is -21.9. The third kappa shape index (κ3) is 5.34. The summed E-state index contributed by atoms with van der Waals surface area (Å²) in [6.45, 7) is -1.08. The standard InChI is InChI=1S/C34H24O22/c35-10-1-6-15(23(43)19(10)39)16-7(2-11(36)20(40)24(16)44)31(48)54-27-14(5-52-30(6)47)53-34(51)29-28(27)55-32(49)8-3-12(37)21(41)25(45)17(8)18-9(33(50)56-29)4-13(38)22(42)26(18)46/h1-4,14,27-29,34-46,51H,5H2/t14-,27+,28+,29-,34?/m1/s1. The Balaban J connectivity index is 1.44. The van der Waals surface area contributed by atoms with Gasteiger partial charge in [-0.2, -0.15) is 0 Å². The number of aromatic hydroxyl groups is 12. The Bertz CT molecular complexity index is 2440. The molecule has 292 valence electrons. The monoisotopic (exact) mass is 784 g/mol. The highest BCUT2D eigenvalue weighted by Crippen LogP contribution is 2.55. The Morgan fingerprint density at radius 3 is 1.07 bits per heavy atom. The van der Waals surface area contributed by atoms with E-state index in [2.05, 4.69) is 0 Å². The number of cyclic esters (lactones) is 1. The fourth-order valence-corrected chi connectivity index (χ4v) is 6.46. The number of hydrogen-bond donors (Lipinski definition) is 13. The number of hydrogen-bond acceptors (Lipinski definition) is 22. The maximum atomic E-state index is 14.1. The molecule has 0 saturated carbocycles. The summed E-state index contributed by atoms with van der Waals surface area (Å²) in [6, 6.07) is 1.96. The van der Waals surface area contributed by atoms with Crippen LogP contribution < -0.4 is 0 Å². The zero-order valence-corrected chi connectivity index (χ0v) is 27.4. The fraction of sp³-hybridized carbons (Fsp3) is 0.176. The second-order valence-electron chi connectivity index (χ2n) is 12.3. The van der Waals surface area contributed by atoms with Crippen molar-refractivity contribution < 1.29 is 109 Å². The summed E-state index contributed by atoms with van der Waals surface area (Å²) in [4.78, 5) is 55.3. The minimum Gasteiger partial charge on any atom is -0.504 e. The number of phenols is 12. The topological polar surface area (TPSA) is 377 Å². The molecule has 1 unspecified atom stereocenters. The van der Waals surface area contributed by atoms with E-state index in [0.717, 1.165) is 0 Å². The first-order valence-corrected chi connectivity index (χ1v) is 15.6. The van der Waals surface area contributed by atoms with Gasteiger partial charge in [0.05, 0.1) is 22.3 Å². The van der Waals surface area contributed by atoms with Gasteiger partial charge in [-0.3, -0.25) is 0 Å². The molecule has 0 spiro atoms. The van der Waals surface area contributed by atoms with Crippen LogP contribution in [0.15, 0.2) is 24.3 Å². The molecule has 56 heavy (non-hydrogen) atoms. The molecular weight excluding hydrogens is 760 g/mol. The van der Waals surface area contributed by atoms with E-state index < -0.39 is 175 Å². The predicted molar refractivity (Wildman–Crippen MR) is 173 cm³/mol. The summed E-state index contributed by atoms with van der Waals surface area (Å²) in [5.41, 5.74) is -7.76. The van der Waals surface area contributed by atoms with Gasteiger partial charge in [-0.15, -0.1) is 0 Å². The lowest BCUT2D eigenvalue weighted by Gasteiger charge is -2.43. The number of aliphatic hydroxyl groups excluding tert-OH is 1. The Hall–Kier alpha value is -7.72. The summed E-state index contributed by atoms with van der Waals surface area (Å²) < 4.78 is 27.2. The number of carbonyl (C=O) groups excluding carboxylic acids is 4. The van der Waals surface area contributed by atoms with Crippen molar-refractivity contribution >= 4 is 23.9 Å². The quantitative estimate of drug-likeness (QED) is 0.0661. The predicted octanol–water partition coefficient (Wildman–Crippen LogP) is 0.665. The molecule has 0 radical (unpaired) electrons. The first-order valence-electron chi connectivity index (χ1n) is 15.6. The molecule has 22 heteroatoms. The first kappa shape index (κ1) is 36.6. The minimum absolute atomic E-state index is 0.465. The zero-order chi connectivity index (χ0) is 40.8. The van der Waals surface area contributed by atoms with Crippen LogP contribution in [0.1, 0.15) is 41.4 Å². The molecule has 0 aliphatic carbocycles. The lowest BCUT2D eigenvalue weighted by Crippen LogP contribution is -2.62. The molecule has 1 fully saturated rings. The normalized spacial score (nSPS) is 21.8. The number of ether oxygens (including phenoxy) is 5. The lowest BCUT2D eigenvalue weighted by molar-refractivity contribution is -0.284. The third-order valence-electron chi connectivity index (χ3n) is 9.11. The van der Waals surface area contributed by atoms with Crippen LogP contribution in [0.4, 0.5) is 0 Å². The lowest BCUT2D eigenvalue weighted by atomic mass is 9.91. The van der Waals surface area contributed by atoms with Crippen molar-refractivity contribution in [3.8, 4) is 91.2 Å². The molecule has 1 saturated heterocycles. The number of esters is 4. The van der Waals surface area contributed by atoms with Gasteiger partial charge >= 0.3 is 23.9 Å². The van der Waals surface area contributed by atoms with Gasteiger partial charge in [-0.25, -0.2) is 19.2 Å². The summed E-state index contributed by atoms with van der Waals surface area (Å²) in [7, 11) is 0. The molecule has 3 aliphatic rings. The molecule has 0 aromatic heterocycles. The van der Waals surface area contributed by atoms with E-state index in [0.29, 0.717) is 24.3 Å². The molecule has 7 rings (SSSR count). The van der Waals surface area contributed by atoms with Crippen molar-refractivity contribution in [2.24, 2.45) is 0 Å². The first-order chi connectivity index (χ1) is 26.3. The van der Waals surface area contributed by atoms with Crippen LogP contribution in [0.25, 0.3) is 22.3 Å². The number of rotatable bonds is 0. The van der Waals surface area contributed by atoms with E-state index in [1.54, 1.807) is 0 Å². The highest BCUT2D eigenvalue weighted by atomic mass is 16.7. The van der Waals surface area contributed by atoms with Gasteiger partial charge < -0.3 is 90.1 Å². The van der Waals surface area contributed by atoms with Gasteiger partial charge in [0, 0.05) is 22.3 Å². The largest absolute Gasteiger partial charge is 0.504 e. The average molecular weight is 785 g/mol. The Morgan fingerprint density at radius 2 is 0.714 bits per heavy atom. The number of aliphatic hydroxyl groups is 1. The molecule has 5 atom stereocenters. The van der Waals surface area contributed by atoms with Crippen LogP contribution in [0.5, 0.6) is 69.0 Å². The molecule has 13 N–H and O–H groups in total. The molecule has 3 heterocycles. The fourth-order valence-electron chi connectivity index (χ4n) is 6.46. The van der Waals surface area contributed by atoms with E-state index in [1.807, 2.05) is 0 Å². The van der Waals surface area contributed by atoms with Gasteiger partial charge in [-0.05, 0) is 24.3 Å². The number of carbonyl (C=O) groups is 4. The second kappa shape index (κ2) is 12.7. The summed E-state index contributed by atoms with van der Waals surface area (Å²) in [6.07, 6.45) is -11.1. The van der Waals surface area contributed by atoms with Crippen molar-refractivity contribution in [3.05, 3.63) is 46.5 Å². The molecule has 3 aliphatic heterocycles. The average Bonchev–Trinajstić information content (AvgIpc) is 3.16. The van der Waals surface area contributed by atoms with E-state index in [1.165, 1.54) is 0 Å². The van der Waals surface area contributed by atoms with Crippen LogP contribution in [-0.2, 0) is 23.7 Å². The maximum absolute atomic E-state index is 14.1. The number of fused-ring (bicyclic) bond motifs is 9. The Morgan fingerprint density at radius 1 is 0.411 bits per heavy atom. The van der Waals surface area contributed by atoms with Gasteiger partial charge in [-0.1, -0.05) is 0 Å². The minimum atomic E-state index is -2.40. The van der Waals surface area contributed by atoms with Crippen molar-refractivity contribution in [1.29, 1.82) is 0 Å². The third-order valence-corrected chi connectivity index (χ3v) is 9.11.